The zero-order valence-corrected chi connectivity index (χ0v) is 23.8. The van der Waals surface area contributed by atoms with Crippen LogP contribution < -0.4 is 10.0 Å². The van der Waals surface area contributed by atoms with Gasteiger partial charge in [-0.05, 0) is 81.2 Å². The molecule has 0 bridgehead atoms. The number of aromatic nitrogens is 2. The molecule has 1 aliphatic carbocycles. The van der Waals surface area contributed by atoms with Crippen LogP contribution in [0.4, 0.5) is 33.5 Å². The van der Waals surface area contributed by atoms with Crippen LogP contribution >= 0.6 is 11.6 Å². The Balaban J connectivity index is 0.00000155. The van der Waals surface area contributed by atoms with Crippen molar-refractivity contribution in [3.8, 4) is 0 Å². The van der Waals surface area contributed by atoms with Gasteiger partial charge in [0.05, 0.1) is 16.3 Å². The molecule has 3 atom stereocenters. The Bertz CT molecular complexity index is 1500. The Morgan fingerprint density at radius 3 is 2.40 bits per heavy atom. The van der Waals surface area contributed by atoms with Crippen LogP contribution in [-0.4, -0.2) is 61.0 Å². The van der Waals surface area contributed by atoms with Gasteiger partial charge in [-0.25, -0.2) is 27.2 Å². The summed E-state index contributed by atoms with van der Waals surface area (Å²) in [5, 5.41) is 10.0. The predicted molar refractivity (Wildman–Crippen MR) is 146 cm³/mol. The summed E-state index contributed by atoms with van der Waals surface area (Å²) in [5.41, 5.74) is -0.608. The molecular formula is C26H27ClF5N5O4S. The number of sulfonamides is 1. The molecule has 0 spiro atoms. The van der Waals surface area contributed by atoms with E-state index in [0.29, 0.717) is 25.3 Å². The van der Waals surface area contributed by atoms with Gasteiger partial charge in [0, 0.05) is 18.3 Å². The average molecular weight is 636 g/mol. The van der Waals surface area contributed by atoms with Crippen molar-refractivity contribution in [1.29, 1.82) is 0 Å². The van der Waals surface area contributed by atoms with Gasteiger partial charge in [-0.15, -0.1) is 0 Å². The maximum absolute atomic E-state index is 15.0. The highest BCUT2D eigenvalue weighted by Gasteiger charge is 2.36. The first kappa shape index (κ1) is 32.9. The number of carbonyl (C=O) groups is 1. The topological polar surface area (TPSA) is 125 Å². The molecular weight excluding hydrogens is 609 g/mol. The minimum Gasteiger partial charge on any atom is -0.483 e. The summed E-state index contributed by atoms with van der Waals surface area (Å²) in [6.07, 6.45) is -0.909. The van der Waals surface area contributed by atoms with Crippen LogP contribution in [0.5, 0.6) is 0 Å². The summed E-state index contributed by atoms with van der Waals surface area (Å²) in [6, 6.07) is 5.33. The summed E-state index contributed by atoms with van der Waals surface area (Å²) in [5.74, 6) is -2.38. The number of alkyl halides is 3. The molecule has 3 N–H and O–H groups in total. The standard InChI is InChI=1S/C25H25ClF5N5O2S.CH2O2/c1-36(2)22-9-14(15-7-16(25(29,30)31)10-17(27)8-15)3-4-20(22)34-21-12-19(28)23(11-18(21)26)39(37,38)35-24-5-6-32-13-33-24;2-1-3/h5-8,10-14,20,22,34H,3-4,9H2,1-2H3,(H,32,33,35);1H,(H,2,3)/t14-,20-,22-;/m0./s1. The predicted octanol–water partition coefficient (Wildman–Crippen LogP) is 5.61. The van der Waals surface area contributed by atoms with Gasteiger partial charge in [0.25, 0.3) is 16.5 Å². The van der Waals surface area contributed by atoms with E-state index in [4.69, 9.17) is 21.5 Å². The van der Waals surface area contributed by atoms with Crippen LogP contribution in [0.15, 0.2) is 53.8 Å². The fraction of sp³-hybridized carbons (Fsp3) is 0.346. The molecule has 0 amide bonds. The maximum Gasteiger partial charge on any atom is 0.416 e. The van der Waals surface area contributed by atoms with Crippen molar-refractivity contribution in [2.75, 3.05) is 24.1 Å². The SMILES string of the molecule is CN(C)[C@H]1C[C@@H](c2cc(F)cc(C(F)(F)F)c2)CC[C@@H]1Nc1cc(F)c(S(=O)(=O)Nc2ccncn2)cc1Cl.O=CO. The summed E-state index contributed by atoms with van der Waals surface area (Å²) in [4.78, 5) is 17.0. The van der Waals surface area contributed by atoms with Crippen molar-refractivity contribution in [2.45, 2.75) is 48.3 Å². The van der Waals surface area contributed by atoms with E-state index in [0.717, 1.165) is 30.6 Å². The van der Waals surface area contributed by atoms with Crippen molar-refractivity contribution < 1.29 is 40.3 Å². The van der Waals surface area contributed by atoms with E-state index in [1.807, 2.05) is 4.90 Å². The second-order valence-electron chi connectivity index (χ2n) is 9.63. The molecule has 4 rings (SSSR count). The minimum absolute atomic E-state index is 0.0426. The Hall–Kier alpha value is -3.56. The van der Waals surface area contributed by atoms with E-state index in [1.54, 1.807) is 14.1 Å². The molecule has 0 aliphatic heterocycles. The Kier molecular flexibility index (Phi) is 10.7. The lowest BCUT2D eigenvalue weighted by Gasteiger charge is -2.41. The first-order chi connectivity index (χ1) is 19.7. The van der Waals surface area contributed by atoms with Crippen LogP contribution in [0.3, 0.4) is 0 Å². The van der Waals surface area contributed by atoms with Crippen molar-refractivity contribution >= 4 is 39.6 Å². The molecule has 1 aromatic heterocycles. The van der Waals surface area contributed by atoms with Crippen LogP contribution in [0, 0.1) is 11.6 Å². The molecule has 1 saturated carbocycles. The van der Waals surface area contributed by atoms with E-state index in [2.05, 4.69) is 20.0 Å². The van der Waals surface area contributed by atoms with Gasteiger partial charge in [0.15, 0.2) is 0 Å². The number of nitrogens with one attached hydrogen (secondary N) is 2. The third-order valence-corrected chi connectivity index (χ3v) is 8.35. The lowest BCUT2D eigenvalue weighted by atomic mass is 9.77. The number of likely N-dealkylation sites (N-methyl/N-ethyl adjacent to an activating group) is 1. The smallest absolute Gasteiger partial charge is 0.416 e. The van der Waals surface area contributed by atoms with Gasteiger partial charge < -0.3 is 15.3 Å². The number of nitrogens with zero attached hydrogens (tertiary/aromatic N) is 3. The van der Waals surface area contributed by atoms with Gasteiger partial charge in [-0.3, -0.25) is 9.52 Å². The van der Waals surface area contributed by atoms with E-state index < -0.39 is 38.3 Å². The first-order valence-electron chi connectivity index (χ1n) is 12.3. The highest BCUT2D eigenvalue weighted by atomic mass is 35.5. The van der Waals surface area contributed by atoms with Gasteiger partial charge in [-0.1, -0.05) is 11.6 Å². The normalized spacial score (nSPS) is 19.0. The zero-order chi connectivity index (χ0) is 31.2. The summed E-state index contributed by atoms with van der Waals surface area (Å²) < 4.78 is 96.3. The molecule has 228 valence electrons. The number of hydrogen-bond donors (Lipinski definition) is 3. The van der Waals surface area contributed by atoms with E-state index in [-0.39, 0.29) is 46.6 Å². The Labute approximate surface area is 243 Å². The van der Waals surface area contributed by atoms with Crippen molar-refractivity contribution in [3.05, 3.63) is 76.7 Å². The molecule has 0 unspecified atom stereocenters. The van der Waals surface area contributed by atoms with Crippen LogP contribution in [0.25, 0.3) is 0 Å². The fourth-order valence-corrected chi connectivity index (χ4v) is 6.17. The summed E-state index contributed by atoms with van der Waals surface area (Å²) >= 11 is 6.35. The monoisotopic (exact) mass is 635 g/mol. The Morgan fingerprint density at radius 2 is 1.81 bits per heavy atom. The van der Waals surface area contributed by atoms with Gasteiger partial charge in [0.1, 0.15) is 28.7 Å². The molecule has 42 heavy (non-hydrogen) atoms. The van der Waals surface area contributed by atoms with Crippen molar-refractivity contribution in [1.82, 2.24) is 14.9 Å². The number of rotatable bonds is 7. The third-order valence-electron chi connectivity index (χ3n) is 6.67. The van der Waals surface area contributed by atoms with Gasteiger partial charge in [-0.2, -0.15) is 13.2 Å². The minimum atomic E-state index is -4.67. The van der Waals surface area contributed by atoms with E-state index in [9.17, 15) is 26.0 Å². The third kappa shape index (κ3) is 8.26. The second kappa shape index (κ2) is 13.6. The highest BCUT2D eigenvalue weighted by molar-refractivity contribution is 7.92. The molecule has 2 aromatic carbocycles. The largest absolute Gasteiger partial charge is 0.483 e. The van der Waals surface area contributed by atoms with Crippen molar-refractivity contribution in [3.63, 3.8) is 0 Å². The lowest BCUT2D eigenvalue weighted by molar-refractivity contribution is -0.137. The number of halogens is 6. The van der Waals surface area contributed by atoms with Crippen LogP contribution in [-0.2, 0) is 21.0 Å². The van der Waals surface area contributed by atoms with Gasteiger partial charge in [0.2, 0.25) is 0 Å². The van der Waals surface area contributed by atoms with Gasteiger partial charge >= 0.3 is 6.18 Å². The van der Waals surface area contributed by atoms with E-state index in [1.165, 1.54) is 12.3 Å². The maximum atomic E-state index is 15.0. The molecule has 0 saturated heterocycles. The molecule has 1 aliphatic rings. The molecule has 0 radical (unpaired) electrons. The number of carboxylic acid groups (broad SMARTS) is 1. The zero-order valence-electron chi connectivity index (χ0n) is 22.2. The Morgan fingerprint density at radius 1 is 1.12 bits per heavy atom. The lowest BCUT2D eigenvalue weighted by Crippen LogP contribution is -2.47. The number of benzene rings is 2. The van der Waals surface area contributed by atoms with Crippen LogP contribution in [0.1, 0.15) is 36.3 Å². The molecule has 16 heteroatoms. The molecule has 9 nitrogen and oxygen atoms in total. The van der Waals surface area contributed by atoms with Crippen molar-refractivity contribution in [2.24, 2.45) is 0 Å². The molecule has 3 aromatic rings. The molecule has 1 fully saturated rings. The molecule has 1 heterocycles. The average Bonchev–Trinajstić information content (AvgIpc) is 2.90. The highest BCUT2D eigenvalue weighted by Crippen LogP contribution is 2.40. The number of hydrogen-bond acceptors (Lipinski definition) is 7. The fourth-order valence-electron chi connectivity index (χ4n) is 4.79. The number of anilines is 2. The second-order valence-corrected chi connectivity index (χ2v) is 11.7. The van der Waals surface area contributed by atoms with E-state index >= 15 is 4.39 Å². The quantitative estimate of drug-likeness (QED) is 0.226. The summed E-state index contributed by atoms with van der Waals surface area (Å²) in [7, 11) is -0.749. The van der Waals surface area contributed by atoms with Crippen LogP contribution in [0.2, 0.25) is 5.02 Å². The summed E-state index contributed by atoms with van der Waals surface area (Å²) in [6.45, 7) is -0.250. The first-order valence-corrected chi connectivity index (χ1v) is 14.2.